The summed E-state index contributed by atoms with van der Waals surface area (Å²) in [5.74, 6) is -0.307. The van der Waals surface area contributed by atoms with Crippen LogP contribution in [0.1, 0.15) is 34.3 Å². The molecule has 1 aliphatic heterocycles. The first kappa shape index (κ1) is 23.1. The quantitative estimate of drug-likeness (QED) is 0.490. The normalized spacial score (nSPS) is 14.6. The largest absolute Gasteiger partial charge is 0.348 e. The number of hydrogen-bond acceptors (Lipinski definition) is 4. The Hall–Kier alpha value is -3.03. The lowest BCUT2D eigenvalue weighted by atomic mass is 9.95. The number of carbonyl (C=O) groups is 2. The van der Waals surface area contributed by atoms with E-state index in [4.69, 9.17) is 0 Å². The van der Waals surface area contributed by atoms with Gasteiger partial charge in [0.2, 0.25) is 5.91 Å². The van der Waals surface area contributed by atoms with Crippen LogP contribution in [0.5, 0.6) is 0 Å². The third-order valence-electron chi connectivity index (χ3n) is 5.86. The molecule has 4 rings (SSSR count). The average molecular weight is 507 g/mol. The molecular formula is C26H27BrN4O2. The van der Waals surface area contributed by atoms with Crippen molar-refractivity contribution in [1.82, 2.24) is 15.2 Å². The fourth-order valence-electron chi connectivity index (χ4n) is 4.05. The Morgan fingerprint density at radius 1 is 1.00 bits per heavy atom. The SMILES string of the molecule is O=C(NCc1cccnc1)c1ccccc1NC(=O)C1CCN(Cc2cccc(Br)c2)CC1. The van der Waals surface area contributed by atoms with Gasteiger partial charge in [0.15, 0.2) is 0 Å². The Kier molecular flexibility index (Phi) is 7.86. The van der Waals surface area contributed by atoms with Gasteiger partial charge in [0.1, 0.15) is 0 Å². The van der Waals surface area contributed by atoms with Crippen molar-refractivity contribution in [2.45, 2.75) is 25.9 Å². The highest BCUT2D eigenvalue weighted by molar-refractivity contribution is 9.10. The van der Waals surface area contributed by atoms with E-state index in [1.165, 1.54) is 5.56 Å². The van der Waals surface area contributed by atoms with Gasteiger partial charge in [-0.15, -0.1) is 0 Å². The number of anilines is 1. The molecule has 1 aliphatic rings. The summed E-state index contributed by atoms with van der Waals surface area (Å²) < 4.78 is 1.08. The number of halogens is 1. The smallest absolute Gasteiger partial charge is 0.253 e. The Morgan fingerprint density at radius 3 is 2.55 bits per heavy atom. The molecule has 2 amide bonds. The van der Waals surface area contributed by atoms with Crippen LogP contribution in [0.4, 0.5) is 5.69 Å². The molecule has 0 saturated carbocycles. The minimum Gasteiger partial charge on any atom is -0.348 e. The van der Waals surface area contributed by atoms with Gasteiger partial charge in [-0.2, -0.15) is 0 Å². The van der Waals surface area contributed by atoms with Crippen molar-refractivity contribution in [3.8, 4) is 0 Å². The lowest BCUT2D eigenvalue weighted by molar-refractivity contribution is -0.121. The standard InChI is InChI=1S/C26H27BrN4O2/c27-22-7-3-5-19(15-22)18-31-13-10-21(11-14-31)25(32)30-24-9-2-1-8-23(24)26(33)29-17-20-6-4-12-28-16-20/h1-9,12,15-16,21H,10-11,13-14,17-18H2,(H,29,33)(H,30,32). The molecule has 0 unspecified atom stereocenters. The van der Waals surface area contributed by atoms with Crippen molar-refractivity contribution in [1.29, 1.82) is 0 Å². The average Bonchev–Trinajstić information content (AvgIpc) is 2.84. The molecule has 2 N–H and O–H groups in total. The fraction of sp³-hybridized carbons (Fsp3) is 0.269. The second-order valence-electron chi connectivity index (χ2n) is 8.26. The predicted octanol–water partition coefficient (Wildman–Crippen LogP) is 4.62. The maximum absolute atomic E-state index is 13.0. The number of aromatic nitrogens is 1. The van der Waals surface area contributed by atoms with E-state index in [1.807, 2.05) is 30.3 Å². The second kappa shape index (κ2) is 11.2. The molecule has 3 aromatic rings. The summed E-state index contributed by atoms with van der Waals surface area (Å²) in [6.07, 6.45) is 5.02. The molecule has 33 heavy (non-hydrogen) atoms. The molecule has 0 bridgehead atoms. The molecule has 0 spiro atoms. The van der Waals surface area contributed by atoms with Gasteiger partial charge in [-0.05, 0) is 67.4 Å². The van der Waals surface area contributed by atoms with Crippen LogP contribution in [-0.4, -0.2) is 34.8 Å². The van der Waals surface area contributed by atoms with E-state index >= 15 is 0 Å². The molecule has 1 saturated heterocycles. The van der Waals surface area contributed by atoms with Gasteiger partial charge in [0, 0.05) is 35.9 Å². The molecule has 0 radical (unpaired) electrons. The number of carbonyl (C=O) groups excluding carboxylic acids is 2. The highest BCUT2D eigenvalue weighted by Gasteiger charge is 2.26. The Labute approximate surface area is 202 Å². The molecule has 0 aliphatic carbocycles. The molecule has 2 heterocycles. The van der Waals surface area contributed by atoms with Gasteiger partial charge >= 0.3 is 0 Å². The second-order valence-corrected chi connectivity index (χ2v) is 9.17. The molecule has 6 nitrogen and oxygen atoms in total. The van der Waals surface area contributed by atoms with Crippen molar-refractivity contribution in [3.63, 3.8) is 0 Å². The number of nitrogens with zero attached hydrogens (tertiary/aromatic N) is 2. The van der Waals surface area contributed by atoms with Crippen LogP contribution >= 0.6 is 15.9 Å². The number of pyridine rings is 1. The summed E-state index contributed by atoms with van der Waals surface area (Å²) >= 11 is 3.52. The lowest BCUT2D eigenvalue weighted by Crippen LogP contribution is -2.38. The zero-order valence-corrected chi connectivity index (χ0v) is 19.9. The minimum atomic E-state index is -0.224. The molecule has 1 aromatic heterocycles. The first-order valence-electron chi connectivity index (χ1n) is 11.1. The van der Waals surface area contributed by atoms with E-state index in [-0.39, 0.29) is 17.7 Å². The molecule has 2 aromatic carbocycles. The Morgan fingerprint density at radius 2 is 1.79 bits per heavy atom. The zero-order valence-electron chi connectivity index (χ0n) is 18.3. The highest BCUT2D eigenvalue weighted by Crippen LogP contribution is 2.23. The van der Waals surface area contributed by atoms with Crippen LogP contribution < -0.4 is 10.6 Å². The Bertz CT molecular complexity index is 1100. The van der Waals surface area contributed by atoms with E-state index in [2.05, 4.69) is 48.6 Å². The van der Waals surface area contributed by atoms with E-state index in [0.717, 1.165) is 42.5 Å². The first-order valence-corrected chi connectivity index (χ1v) is 11.9. The number of benzene rings is 2. The maximum atomic E-state index is 13.0. The van der Waals surface area contributed by atoms with E-state index < -0.39 is 0 Å². The van der Waals surface area contributed by atoms with Crippen LogP contribution in [0, 0.1) is 5.92 Å². The molecule has 1 fully saturated rings. The van der Waals surface area contributed by atoms with E-state index in [9.17, 15) is 9.59 Å². The number of nitrogens with one attached hydrogen (secondary N) is 2. The van der Waals surface area contributed by atoms with Gasteiger partial charge in [0.25, 0.3) is 5.91 Å². The summed E-state index contributed by atoms with van der Waals surface area (Å²) in [6.45, 7) is 3.01. The molecular weight excluding hydrogens is 480 g/mol. The predicted molar refractivity (Wildman–Crippen MR) is 133 cm³/mol. The number of likely N-dealkylation sites (tertiary alicyclic amines) is 1. The summed E-state index contributed by atoms with van der Waals surface area (Å²) in [7, 11) is 0. The van der Waals surface area contributed by atoms with Crippen LogP contribution in [-0.2, 0) is 17.9 Å². The molecule has 7 heteroatoms. The van der Waals surface area contributed by atoms with Crippen LogP contribution in [0.15, 0.2) is 77.5 Å². The minimum absolute atomic E-state index is 0.0235. The number of para-hydroxylation sites is 1. The van der Waals surface area contributed by atoms with Crippen molar-refractivity contribution in [2.24, 2.45) is 5.92 Å². The Balaban J connectivity index is 1.31. The summed E-state index contributed by atoms with van der Waals surface area (Å²) in [5.41, 5.74) is 3.19. The monoisotopic (exact) mass is 506 g/mol. The van der Waals surface area contributed by atoms with Crippen LogP contribution in [0.2, 0.25) is 0 Å². The van der Waals surface area contributed by atoms with Crippen LogP contribution in [0.3, 0.4) is 0 Å². The van der Waals surface area contributed by atoms with Crippen molar-refractivity contribution < 1.29 is 9.59 Å². The first-order chi connectivity index (χ1) is 16.1. The molecule has 170 valence electrons. The van der Waals surface area contributed by atoms with Gasteiger partial charge in [-0.3, -0.25) is 19.5 Å². The van der Waals surface area contributed by atoms with Crippen molar-refractivity contribution in [2.75, 3.05) is 18.4 Å². The third kappa shape index (κ3) is 6.49. The topological polar surface area (TPSA) is 74.3 Å². The summed E-state index contributed by atoms with van der Waals surface area (Å²) in [6, 6.07) is 19.2. The van der Waals surface area contributed by atoms with Crippen LogP contribution in [0.25, 0.3) is 0 Å². The van der Waals surface area contributed by atoms with Crippen molar-refractivity contribution >= 4 is 33.4 Å². The van der Waals surface area contributed by atoms with Gasteiger partial charge in [0.05, 0.1) is 11.3 Å². The van der Waals surface area contributed by atoms with Crippen molar-refractivity contribution in [3.05, 3.63) is 94.2 Å². The number of piperidine rings is 1. The third-order valence-corrected chi connectivity index (χ3v) is 6.35. The lowest BCUT2D eigenvalue weighted by Gasteiger charge is -2.31. The van der Waals surface area contributed by atoms with E-state index in [1.54, 1.807) is 30.6 Å². The summed E-state index contributed by atoms with van der Waals surface area (Å²) in [4.78, 5) is 32.1. The van der Waals surface area contributed by atoms with Gasteiger partial charge in [-0.25, -0.2) is 0 Å². The van der Waals surface area contributed by atoms with E-state index in [0.29, 0.717) is 17.8 Å². The van der Waals surface area contributed by atoms with Gasteiger partial charge < -0.3 is 10.6 Å². The molecule has 0 atom stereocenters. The van der Waals surface area contributed by atoms with Gasteiger partial charge in [-0.1, -0.05) is 46.3 Å². The maximum Gasteiger partial charge on any atom is 0.253 e. The summed E-state index contributed by atoms with van der Waals surface area (Å²) in [5, 5.41) is 5.90. The highest BCUT2D eigenvalue weighted by atomic mass is 79.9. The number of amides is 2. The zero-order chi connectivity index (χ0) is 23.0. The number of hydrogen-bond donors (Lipinski definition) is 2. The fourth-order valence-corrected chi connectivity index (χ4v) is 4.50. The number of rotatable bonds is 7.